The summed E-state index contributed by atoms with van der Waals surface area (Å²) in [5.41, 5.74) is 1.98. The van der Waals surface area contributed by atoms with E-state index in [1.54, 1.807) is 0 Å². The summed E-state index contributed by atoms with van der Waals surface area (Å²) in [4.78, 5) is 0. The van der Waals surface area contributed by atoms with Gasteiger partial charge in [0.05, 0.1) is 53.4 Å². The van der Waals surface area contributed by atoms with Crippen LogP contribution in [0.2, 0.25) is 0 Å². The minimum absolute atomic E-state index is 0.0414. The first kappa shape index (κ1) is 86.9. The molecule has 0 bridgehead atoms. The van der Waals surface area contributed by atoms with Crippen molar-refractivity contribution in [2.75, 3.05) is 33.0 Å². The molecule has 7 nitrogen and oxygen atoms in total. The summed E-state index contributed by atoms with van der Waals surface area (Å²) in [6.07, 6.45) is 20.2. The van der Waals surface area contributed by atoms with Crippen LogP contribution < -0.4 is 0 Å². The van der Waals surface area contributed by atoms with Crippen molar-refractivity contribution in [1.29, 1.82) is 0 Å². The Morgan fingerprint density at radius 3 is 0.904 bits per heavy atom. The van der Waals surface area contributed by atoms with Crippen LogP contribution in [0.5, 0.6) is 0 Å². The maximum atomic E-state index is 6.09. The quantitative estimate of drug-likeness (QED) is 0.273. The molecule has 0 aromatic rings. The van der Waals surface area contributed by atoms with Crippen molar-refractivity contribution in [3.63, 3.8) is 0 Å². The molecule has 0 radical (unpaired) electrons. The Kier molecular flexibility index (Phi) is 43.9. The average Bonchev–Trinajstić information content (AvgIpc) is 3.34. The zero-order valence-corrected chi connectivity index (χ0v) is 63.5. The lowest BCUT2D eigenvalue weighted by molar-refractivity contribution is -0.185. The number of rotatable bonds is 2. The normalized spacial score (nSPS) is 30.8. The van der Waals surface area contributed by atoms with E-state index in [4.69, 9.17) is 33.2 Å². The minimum Gasteiger partial charge on any atom is -0.381 e. The van der Waals surface area contributed by atoms with Crippen LogP contribution in [-0.2, 0) is 33.2 Å². The van der Waals surface area contributed by atoms with Crippen molar-refractivity contribution in [3.8, 4) is 0 Å². The molecule has 0 spiro atoms. The van der Waals surface area contributed by atoms with Gasteiger partial charge in [-0.05, 0) is 234 Å². The highest BCUT2D eigenvalue weighted by molar-refractivity contribution is 4.93. The standard InChI is InChI=1S/C13H26O.2C11H22O.3C9H18O.C8H16O.3C2H6/c1-11(2,3)10-8-12(4,5)14-13(6,7)9-10;1-8-6-10(11(3,4)5)7-9(2)12-8;1-10(2,3)9-6-7-12-11(4,5)8-9;1-9(2,3)8-4-6-10-7-5-8;2*1-7(2)9-6-8(3)4-5-10-9;1-6-4-7(2)9-8(3)5-6;3*1-2/h10H,8-9H2,1-7H3;8-10H,6-7H2,1-5H3;9H,6-8H2,1-5H3;8H,4-7H2,1-3H3;2*7-9H,4-6H2,1-3H3;6-8H,4-5H2,1-3H3;3*1-2H3/t;8-,9-;;;8-,9+;8-,9-;6?,7-,8+;;;/m.1..11..../s1. The Balaban J connectivity index is -0.000000888. The van der Waals surface area contributed by atoms with Gasteiger partial charge < -0.3 is 33.2 Å². The van der Waals surface area contributed by atoms with Gasteiger partial charge in [-0.15, -0.1) is 0 Å². The van der Waals surface area contributed by atoms with Crippen molar-refractivity contribution >= 4 is 0 Å². The predicted octanol–water partition coefficient (Wildman–Crippen LogP) is 23.2. The fourth-order valence-electron chi connectivity index (χ4n) is 13.0. The molecular weight excluding hydrogens is 1020 g/mol. The van der Waals surface area contributed by atoms with E-state index < -0.39 is 0 Å². The molecule has 7 rings (SSSR count). The zero-order valence-electron chi connectivity index (χ0n) is 63.5. The van der Waals surface area contributed by atoms with Crippen LogP contribution in [0.4, 0.5) is 0 Å². The first-order valence-corrected chi connectivity index (χ1v) is 35.4. The first-order valence-electron chi connectivity index (χ1n) is 35.4. The van der Waals surface area contributed by atoms with Gasteiger partial charge >= 0.3 is 0 Å². The highest BCUT2D eigenvalue weighted by Crippen LogP contribution is 2.46. The molecule has 0 saturated carbocycles. The van der Waals surface area contributed by atoms with E-state index in [0.717, 1.165) is 74.5 Å². The summed E-state index contributed by atoms with van der Waals surface area (Å²) < 4.78 is 39.6. The predicted molar refractivity (Wildman–Crippen MR) is 367 cm³/mol. The second-order valence-electron chi connectivity index (χ2n) is 33.2. The van der Waals surface area contributed by atoms with Crippen molar-refractivity contribution in [2.24, 2.45) is 74.9 Å². The SMILES string of the molecule is CC.CC.CC.CC(C)(C)C1CCOCC1.CC(C)[C@@H]1C[C@H](C)CCO1.CC(C)[C@H]1C[C@H](C)CCO1.CC1(C)CC(C(C)(C)C)CC(C)(C)O1.CC1(C)CC(C(C)(C)C)CCO1.CC1C[C@@H](C)O[C@@H](C)C1.C[C@@H]1CC(C(C)(C)C)C[C@@H](C)O1. The molecule has 7 saturated heterocycles. The summed E-state index contributed by atoms with van der Waals surface area (Å²) in [6, 6.07) is 0. The van der Waals surface area contributed by atoms with E-state index in [1.165, 1.54) is 89.9 Å². The summed E-state index contributed by atoms with van der Waals surface area (Å²) in [5.74, 6) is 7.30. The van der Waals surface area contributed by atoms with E-state index in [9.17, 15) is 0 Å². The third-order valence-corrected chi connectivity index (χ3v) is 18.1. The molecule has 0 aromatic carbocycles. The fraction of sp³-hybridized carbons (Fsp3) is 1.00. The van der Waals surface area contributed by atoms with E-state index in [0.29, 0.717) is 70.1 Å². The molecule has 0 aliphatic carbocycles. The van der Waals surface area contributed by atoms with Gasteiger partial charge in [-0.25, -0.2) is 0 Å². The van der Waals surface area contributed by atoms with Crippen molar-refractivity contribution < 1.29 is 33.2 Å². The smallest absolute Gasteiger partial charge is 0.0636 e. The molecule has 7 aliphatic rings. The van der Waals surface area contributed by atoms with Crippen LogP contribution in [-0.4, -0.2) is 86.5 Å². The molecule has 0 aromatic heterocycles. The van der Waals surface area contributed by atoms with Crippen LogP contribution in [0.1, 0.15) is 332 Å². The molecule has 7 fully saturated rings. The van der Waals surface area contributed by atoms with E-state index >= 15 is 0 Å². The van der Waals surface area contributed by atoms with E-state index in [-0.39, 0.29) is 16.8 Å². The molecule has 83 heavy (non-hydrogen) atoms. The lowest BCUT2D eigenvalue weighted by Crippen LogP contribution is -2.48. The summed E-state index contributed by atoms with van der Waals surface area (Å²) in [6.45, 7) is 82.7. The molecule has 7 heteroatoms. The number of ether oxygens (including phenoxy) is 7. The molecule has 504 valence electrons. The molecule has 10 atom stereocenters. The van der Waals surface area contributed by atoms with Gasteiger partial charge in [0.2, 0.25) is 0 Å². The molecule has 2 unspecified atom stereocenters. The molecule has 7 aliphatic heterocycles. The maximum Gasteiger partial charge on any atom is 0.0636 e. The second-order valence-corrected chi connectivity index (χ2v) is 33.2. The van der Waals surface area contributed by atoms with Gasteiger partial charge in [0.25, 0.3) is 0 Å². The summed E-state index contributed by atoms with van der Waals surface area (Å²) in [7, 11) is 0. The van der Waals surface area contributed by atoms with E-state index in [1.807, 2.05) is 41.5 Å². The van der Waals surface area contributed by atoms with Crippen LogP contribution in [0, 0.1) is 74.9 Å². The Morgan fingerprint density at radius 2 is 0.651 bits per heavy atom. The van der Waals surface area contributed by atoms with Crippen molar-refractivity contribution in [2.45, 2.75) is 386 Å². The minimum atomic E-state index is 0.0414. The average molecular weight is 1180 g/mol. The molecule has 7 heterocycles. The molecule has 0 amide bonds. The van der Waals surface area contributed by atoms with Gasteiger partial charge in [0.15, 0.2) is 0 Å². The molecular formula is C76H158O7. The third kappa shape index (κ3) is 41.6. The Bertz CT molecular complexity index is 1420. The molecule has 0 N–H and O–H groups in total. The van der Waals surface area contributed by atoms with Gasteiger partial charge in [0, 0.05) is 33.0 Å². The Labute approximate surface area is 524 Å². The Morgan fingerprint density at radius 1 is 0.337 bits per heavy atom. The first-order chi connectivity index (χ1) is 37.9. The lowest BCUT2D eigenvalue weighted by Gasteiger charge is -2.49. The van der Waals surface area contributed by atoms with E-state index in [2.05, 4.69) is 201 Å². The van der Waals surface area contributed by atoms with Gasteiger partial charge in [-0.3, -0.25) is 0 Å². The van der Waals surface area contributed by atoms with Gasteiger partial charge in [0.1, 0.15) is 0 Å². The highest BCUT2D eigenvalue weighted by Gasteiger charge is 2.43. The maximum absolute atomic E-state index is 6.09. The van der Waals surface area contributed by atoms with Gasteiger partial charge in [-0.2, -0.15) is 0 Å². The highest BCUT2D eigenvalue weighted by atomic mass is 16.5. The second kappa shape index (κ2) is 41.9. The van der Waals surface area contributed by atoms with Crippen LogP contribution >= 0.6 is 0 Å². The Hall–Kier alpha value is -0.280. The summed E-state index contributed by atoms with van der Waals surface area (Å²) in [5, 5.41) is 0. The zero-order chi connectivity index (χ0) is 65.5. The number of hydrogen-bond acceptors (Lipinski definition) is 7. The lowest BCUT2D eigenvalue weighted by atomic mass is 9.68. The fourth-order valence-corrected chi connectivity index (χ4v) is 13.0. The van der Waals surface area contributed by atoms with Gasteiger partial charge in [-0.1, -0.05) is 173 Å². The van der Waals surface area contributed by atoms with Crippen LogP contribution in [0.25, 0.3) is 0 Å². The third-order valence-electron chi connectivity index (χ3n) is 18.1. The summed E-state index contributed by atoms with van der Waals surface area (Å²) >= 11 is 0. The largest absolute Gasteiger partial charge is 0.381 e. The van der Waals surface area contributed by atoms with Crippen molar-refractivity contribution in [3.05, 3.63) is 0 Å². The monoisotopic (exact) mass is 1180 g/mol. The van der Waals surface area contributed by atoms with Crippen LogP contribution in [0.15, 0.2) is 0 Å². The number of hydrogen-bond donors (Lipinski definition) is 0. The van der Waals surface area contributed by atoms with Crippen LogP contribution in [0.3, 0.4) is 0 Å². The topological polar surface area (TPSA) is 64.6 Å². The van der Waals surface area contributed by atoms with Crippen molar-refractivity contribution in [1.82, 2.24) is 0 Å².